The highest BCUT2D eigenvalue weighted by molar-refractivity contribution is 4.87. The highest BCUT2D eigenvalue weighted by atomic mass is 19.1. The van der Waals surface area contributed by atoms with E-state index in [-0.39, 0.29) is 5.41 Å². The second kappa shape index (κ2) is 4.19. The van der Waals surface area contributed by atoms with Gasteiger partial charge in [-0.1, -0.05) is 12.8 Å². The molecule has 1 saturated carbocycles. The molecule has 1 aliphatic rings. The van der Waals surface area contributed by atoms with Crippen molar-refractivity contribution in [3.63, 3.8) is 0 Å². The summed E-state index contributed by atoms with van der Waals surface area (Å²) in [5.41, 5.74) is 5.69. The van der Waals surface area contributed by atoms with Crippen LogP contribution in [0.25, 0.3) is 0 Å². The highest BCUT2D eigenvalue weighted by Crippen LogP contribution is 2.40. The van der Waals surface area contributed by atoms with Gasteiger partial charge in [-0.2, -0.15) is 0 Å². The number of halogens is 1. The van der Waals surface area contributed by atoms with E-state index in [1.807, 2.05) is 0 Å². The maximum Gasteiger partial charge on any atom is 0.115 e. The molecule has 0 aromatic carbocycles. The molecule has 1 unspecified atom stereocenters. The van der Waals surface area contributed by atoms with Crippen molar-refractivity contribution in [2.75, 3.05) is 13.2 Å². The van der Waals surface area contributed by atoms with E-state index in [1.165, 1.54) is 12.8 Å². The van der Waals surface area contributed by atoms with E-state index in [0.717, 1.165) is 12.8 Å². The summed E-state index contributed by atoms with van der Waals surface area (Å²) in [6, 6.07) is 0. The van der Waals surface area contributed by atoms with Crippen LogP contribution >= 0.6 is 0 Å². The van der Waals surface area contributed by atoms with Crippen molar-refractivity contribution >= 4 is 0 Å². The minimum atomic E-state index is -0.799. The molecule has 1 rings (SSSR count). The van der Waals surface area contributed by atoms with Crippen LogP contribution in [0, 0.1) is 5.41 Å². The molecule has 3 N–H and O–H groups in total. The molecule has 2 nitrogen and oxygen atoms in total. The van der Waals surface area contributed by atoms with E-state index < -0.39 is 12.8 Å². The quantitative estimate of drug-likeness (QED) is 0.675. The minimum absolute atomic E-state index is 0.0471. The van der Waals surface area contributed by atoms with Gasteiger partial charge in [-0.3, -0.25) is 0 Å². The standard InChI is InChI=1S/C9H18FNO/c10-6-8(12)5-9(7-11)3-1-2-4-9/h8,12H,1-7,11H2. The number of rotatable bonds is 4. The Morgan fingerprint density at radius 1 is 1.42 bits per heavy atom. The van der Waals surface area contributed by atoms with E-state index in [4.69, 9.17) is 5.73 Å². The first-order valence-electron chi connectivity index (χ1n) is 4.66. The third kappa shape index (κ3) is 2.17. The lowest BCUT2D eigenvalue weighted by Crippen LogP contribution is -2.32. The predicted molar refractivity (Wildman–Crippen MR) is 46.6 cm³/mol. The third-order valence-electron chi connectivity index (χ3n) is 2.94. The number of aliphatic hydroxyl groups is 1. The molecular formula is C9H18FNO. The molecule has 0 heterocycles. The molecule has 72 valence electrons. The van der Waals surface area contributed by atoms with Crippen LogP contribution in [0.15, 0.2) is 0 Å². The summed E-state index contributed by atoms with van der Waals surface area (Å²) in [7, 11) is 0. The number of aliphatic hydroxyl groups excluding tert-OH is 1. The van der Waals surface area contributed by atoms with Gasteiger partial charge in [0.15, 0.2) is 0 Å². The third-order valence-corrected chi connectivity index (χ3v) is 2.94. The molecule has 12 heavy (non-hydrogen) atoms. The molecule has 0 radical (unpaired) electrons. The molecular weight excluding hydrogens is 157 g/mol. The van der Waals surface area contributed by atoms with Crippen LogP contribution in [0.5, 0.6) is 0 Å². The van der Waals surface area contributed by atoms with Gasteiger partial charge in [0.1, 0.15) is 6.67 Å². The second-order valence-corrected chi connectivity index (χ2v) is 3.92. The van der Waals surface area contributed by atoms with Crippen molar-refractivity contribution in [2.24, 2.45) is 11.1 Å². The average molecular weight is 175 g/mol. The lowest BCUT2D eigenvalue weighted by Gasteiger charge is -2.28. The molecule has 0 bridgehead atoms. The van der Waals surface area contributed by atoms with Crippen molar-refractivity contribution in [2.45, 2.75) is 38.2 Å². The zero-order valence-corrected chi connectivity index (χ0v) is 7.43. The van der Waals surface area contributed by atoms with E-state index in [0.29, 0.717) is 13.0 Å². The van der Waals surface area contributed by atoms with Crippen molar-refractivity contribution in [1.82, 2.24) is 0 Å². The molecule has 3 heteroatoms. The molecule has 1 fully saturated rings. The lowest BCUT2D eigenvalue weighted by molar-refractivity contribution is 0.0802. The number of hydrogen-bond acceptors (Lipinski definition) is 2. The van der Waals surface area contributed by atoms with Gasteiger partial charge >= 0.3 is 0 Å². The predicted octanol–water partition coefficient (Wildman–Crippen LogP) is 1.23. The average Bonchev–Trinajstić information content (AvgIpc) is 2.54. The monoisotopic (exact) mass is 175 g/mol. The summed E-state index contributed by atoms with van der Waals surface area (Å²) >= 11 is 0. The Kier molecular flexibility index (Phi) is 3.47. The van der Waals surface area contributed by atoms with Crippen LogP contribution in [0.1, 0.15) is 32.1 Å². The Hall–Kier alpha value is -0.150. The van der Waals surface area contributed by atoms with Crippen LogP contribution < -0.4 is 5.73 Å². The largest absolute Gasteiger partial charge is 0.390 e. The Morgan fingerprint density at radius 2 is 2.00 bits per heavy atom. The lowest BCUT2D eigenvalue weighted by atomic mass is 9.81. The van der Waals surface area contributed by atoms with Gasteiger partial charge in [0, 0.05) is 0 Å². The van der Waals surface area contributed by atoms with Gasteiger partial charge in [-0.05, 0) is 31.2 Å². The summed E-state index contributed by atoms with van der Waals surface area (Å²) in [6.45, 7) is -0.0498. The smallest absolute Gasteiger partial charge is 0.115 e. The molecule has 0 aromatic rings. The van der Waals surface area contributed by atoms with Crippen LogP contribution in [-0.2, 0) is 0 Å². The van der Waals surface area contributed by atoms with Crippen LogP contribution in [0.3, 0.4) is 0 Å². The van der Waals surface area contributed by atoms with E-state index in [9.17, 15) is 9.50 Å². The van der Waals surface area contributed by atoms with E-state index in [1.54, 1.807) is 0 Å². The summed E-state index contributed by atoms with van der Waals surface area (Å²) in [4.78, 5) is 0. The Morgan fingerprint density at radius 3 is 2.42 bits per heavy atom. The molecule has 0 amide bonds. The SMILES string of the molecule is NCC1(CC(O)CF)CCCC1. The number of nitrogens with two attached hydrogens (primary N) is 1. The zero-order valence-electron chi connectivity index (χ0n) is 7.43. The van der Waals surface area contributed by atoms with Gasteiger partial charge in [0.2, 0.25) is 0 Å². The van der Waals surface area contributed by atoms with Gasteiger partial charge < -0.3 is 10.8 Å². The fourth-order valence-electron chi connectivity index (χ4n) is 2.17. The second-order valence-electron chi connectivity index (χ2n) is 3.92. The molecule has 0 saturated heterocycles. The van der Waals surface area contributed by atoms with Crippen molar-refractivity contribution in [3.05, 3.63) is 0 Å². The van der Waals surface area contributed by atoms with Gasteiger partial charge in [-0.15, -0.1) is 0 Å². The van der Waals surface area contributed by atoms with Gasteiger partial charge in [0.05, 0.1) is 6.10 Å². The molecule has 1 aliphatic carbocycles. The molecule has 1 atom stereocenters. The fourth-order valence-corrected chi connectivity index (χ4v) is 2.17. The number of alkyl halides is 1. The Bertz CT molecular complexity index is 134. The zero-order chi connectivity index (χ0) is 9.03. The Labute approximate surface area is 73.0 Å². The normalized spacial score (nSPS) is 24.2. The minimum Gasteiger partial charge on any atom is -0.390 e. The topological polar surface area (TPSA) is 46.2 Å². The maximum atomic E-state index is 12.1. The molecule has 0 aliphatic heterocycles. The Balaban J connectivity index is 2.43. The fraction of sp³-hybridized carbons (Fsp3) is 1.00. The van der Waals surface area contributed by atoms with Crippen LogP contribution in [-0.4, -0.2) is 24.4 Å². The summed E-state index contributed by atoms with van der Waals surface area (Å²) in [6.07, 6.45) is 4.21. The summed E-state index contributed by atoms with van der Waals surface area (Å²) < 4.78 is 12.1. The van der Waals surface area contributed by atoms with Crippen LogP contribution in [0.2, 0.25) is 0 Å². The highest BCUT2D eigenvalue weighted by Gasteiger charge is 2.34. The number of hydrogen-bond donors (Lipinski definition) is 2. The van der Waals surface area contributed by atoms with Crippen molar-refractivity contribution < 1.29 is 9.50 Å². The first kappa shape index (κ1) is 9.93. The van der Waals surface area contributed by atoms with Crippen molar-refractivity contribution in [1.29, 1.82) is 0 Å². The van der Waals surface area contributed by atoms with E-state index >= 15 is 0 Å². The van der Waals surface area contributed by atoms with Crippen molar-refractivity contribution in [3.8, 4) is 0 Å². The van der Waals surface area contributed by atoms with E-state index in [2.05, 4.69) is 0 Å². The molecule has 0 aromatic heterocycles. The first-order valence-corrected chi connectivity index (χ1v) is 4.66. The maximum absolute atomic E-state index is 12.1. The first-order chi connectivity index (χ1) is 5.72. The summed E-state index contributed by atoms with van der Waals surface area (Å²) in [5.74, 6) is 0. The van der Waals surface area contributed by atoms with Gasteiger partial charge in [0.25, 0.3) is 0 Å². The molecule has 0 spiro atoms. The van der Waals surface area contributed by atoms with Gasteiger partial charge in [-0.25, -0.2) is 4.39 Å². The van der Waals surface area contributed by atoms with Crippen LogP contribution in [0.4, 0.5) is 4.39 Å². The summed E-state index contributed by atoms with van der Waals surface area (Å²) in [5, 5.41) is 9.18.